The maximum absolute atomic E-state index is 13.0. The summed E-state index contributed by atoms with van der Waals surface area (Å²) in [5.74, 6) is -0.621. The molecule has 1 aliphatic rings. The number of aliphatic hydroxyl groups excluding tert-OH is 6. The van der Waals surface area contributed by atoms with E-state index in [1.54, 1.807) is 6.08 Å². The van der Waals surface area contributed by atoms with Gasteiger partial charge >= 0.3 is 0 Å². The van der Waals surface area contributed by atoms with Gasteiger partial charge in [-0.2, -0.15) is 0 Å². The van der Waals surface area contributed by atoms with Gasteiger partial charge < -0.3 is 45.4 Å². The largest absolute Gasteiger partial charge is 0.394 e. The number of aliphatic hydroxyl groups is 6. The van der Waals surface area contributed by atoms with Crippen LogP contribution in [0.4, 0.5) is 0 Å². The molecule has 0 radical (unpaired) electrons. The van der Waals surface area contributed by atoms with Gasteiger partial charge in [0.15, 0.2) is 6.29 Å². The van der Waals surface area contributed by atoms with Gasteiger partial charge in [-0.3, -0.25) is 4.79 Å². The number of nitrogens with one attached hydrogen (secondary N) is 1. The molecule has 1 fully saturated rings. The Morgan fingerprint density at radius 3 is 1.56 bits per heavy atom. The summed E-state index contributed by atoms with van der Waals surface area (Å²) < 4.78 is 11.1. The van der Waals surface area contributed by atoms with Gasteiger partial charge in [-0.05, 0) is 44.9 Å². The van der Waals surface area contributed by atoms with Crippen LogP contribution in [0.1, 0.15) is 187 Å². The Hall–Kier alpha value is -1.37. The standard InChI is InChI=1S/C44H83NO9/c1-3-5-7-9-11-13-15-16-17-18-19-20-21-23-25-27-29-31-33-38(48)43(52)45-36(35-53-44-42(51)41(50)40(49)39(34-46)54-44)37(47)32-30-28-26-24-22-14-12-10-8-6-4-2/h16-17,30,32,36-42,44,46-51H,3-15,18-29,31,33-35H2,1-2H3,(H,45,52). The lowest BCUT2D eigenvalue weighted by Gasteiger charge is -2.40. The van der Waals surface area contributed by atoms with E-state index in [4.69, 9.17) is 9.47 Å². The Labute approximate surface area is 329 Å². The van der Waals surface area contributed by atoms with Crippen LogP contribution in [0.25, 0.3) is 0 Å². The van der Waals surface area contributed by atoms with Crippen molar-refractivity contribution in [1.82, 2.24) is 5.32 Å². The predicted octanol–water partition coefficient (Wildman–Crippen LogP) is 7.69. The Balaban J connectivity index is 2.41. The first-order valence-corrected chi connectivity index (χ1v) is 22.2. The molecule has 1 saturated heterocycles. The van der Waals surface area contributed by atoms with Crippen molar-refractivity contribution in [2.45, 2.75) is 236 Å². The first-order valence-electron chi connectivity index (χ1n) is 22.2. The summed E-state index contributed by atoms with van der Waals surface area (Å²) in [6.45, 7) is 3.57. The van der Waals surface area contributed by atoms with Crippen molar-refractivity contribution in [2.75, 3.05) is 13.2 Å². The van der Waals surface area contributed by atoms with Crippen LogP contribution < -0.4 is 5.32 Å². The zero-order valence-electron chi connectivity index (χ0n) is 34.3. The highest BCUT2D eigenvalue weighted by Crippen LogP contribution is 2.22. The lowest BCUT2D eigenvalue weighted by atomic mass is 9.99. The van der Waals surface area contributed by atoms with Crippen molar-refractivity contribution >= 4 is 5.91 Å². The molecule has 0 spiro atoms. The van der Waals surface area contributed by atoms with Crippen LogP contribution >= 0.6 is 0 Å². The maximum Gasteiger partial charge on any atom is 0.249 e. The van der Waals surface area contributed by atoms with Crippen LogP contribution in [0.3, 0.4) is 0 Å². The van der Waals surface area contributed by atoms with E-state index in [2.05, 4.69) is 31.3 Å². The molecule has 8 atom stereocenters. The van der Waals surface area contributed by atoms with E-state index in [0.717, 1.165) is 38.5 Å². The van der Waals surface area contributed by atoms with E-state index >= 15 is 0 Å². The van der Waals surface area contributed by atoms with E-state index in [0.29, 0.717) is 12.8 Å². The summed E-state index contributed by atoms with van der Waals surface area (Å²) in [4.78, 5) is 13.0. The summed E-state index contributed by atoms with van der Waals surface area (Å²) in [7, 11) is 0. The monoisotopic (exact) mass is 770 g/mol. The van der Waals surface area contributed by atoms with Crippen molar-refractivity contribution in [3.63, 3.8) is 0 Å². The molecule has 1 heterocycles. The first kappa shape index (κ1) is 50.6. The number of carbonyl (C=O) groups is 1. The maximum atomic E-state index is 13.0. The number of carbonyl (C=O) groups excluding carboxylic acids is 1. The molecule has 0 aromatic rings. The van der Waals surface area contributed by atoms with Gasteiger partial charge in [-0.1, -0.05) is 167 Å². The van der Waals surface area contributed by atoms with Crippen LogP contribution in [0.2, 0.25) is 0 Å². The Morgan fingerprint density at radius 1 is 0.630 bits per heavy atom. The normalized spacial score (nSPS) is 22.3. The Kier molecular flexibility index (Phi) is 32.7. The molecule has 1 aliphatic heterocycles. The highest BCUT2D eigenvalue weighted by atomic mass is 16.7. The molecule has 10 nitrogen and oxygen atoms in total. The van der Waals surface area contributed by atoms with Gasteiger partial charge in [0, 0.05) is 0 Å². The number of hydrogen-bond acceptors (Lipinski definition) is 9. The van der Waals surface area contributed by atoms with E-state index in [9.17, 15) is 35.4 Å². The average molecular weight is 770 g/mol. The van der Waals surface area contributed by atoms with Gasteiger partial charge in [-0.15, -0.1) is 0 Å². The lowest BCUT2D eigenvalue weighted by Crippen LogP contribution is -2.60. The summed E-state index contributed by atoms with van der Waals surface area (Å²) in [5, 5.41) is 64.5. The molecule has 1 amide bonds. The van der Waals surface area contributed by atoms with Gasteiger partial charge in [0.05, 0.1) is 25.4 Å². The highest BCUT2D eigenvalue weighted by Gasteiger charge is 2.44. The molecule has 318 valence electrons. The third-order valence-electron chi connectivity index (χ3n) is 10.6. The number of hydrogen-bond donors (Lipinski definition) is 7. The Bertz CT molecular complexity index is 916. The van der Waals surface area contributed by atoms with Gasteiger partial charge in [0.25, 0.3) is 0 Å². The van der Waals surface area contributed by atoms with Crippen molar-refractivity contribution in [2.24, 2.45) is 0 Å². The van der Waals surface area contributed by atoms with E-state index in [-0.39, 0.29) is 6.61 Å². The van der Waals surface area contributed by atoms with E-state index < -0.39 is 61.5 Å². The summed E-state index contributed by atoms with van der Waals surface area (Å²) >= 11 is 0. The highest BCUT2D eigenvalue weighted by molar-refractivity contribution is 5.80. The number of ether oxygens (including phenoxy) is 2. The molecule has 0 saturated carbocycles. The van der Waals surface area contributed by atoms with Crippen molar-refractivity contribution in [3.8, 4) is 0 Å². The second-order valence-corrected chi connectivity index (χ2v) is 15.6. The van der Waals surface area contributed by atoms with Crippen LogP contribution in [-0.4, -0.2) is 98.7 Å². The van der Waals surface area contributed by atoms with Gasteiger partial charge in [0.1, 0.15) is 30.5 Å². The molecule has 0 aromatic carbocycles. The zero-order chi connectivity index (χ0) is 39.7. The van der Waals surface area contributed by atoms with Crippen LogP contribution in [-0.2, 0) is 14.3 Å². The van der Waals surface area contributed by atoms with Gasteiger partial charge in [-0.25, -0.2) is 0 Å². The van der Waals surface area contributed by atoms with Crippen LogP contribution in [0, 0.1) is 0 Å². The number of allylic oxidation sites excluding steroid dienone is 3. The van der Waals surface area contributed by atoms with Gasteiger partial charge in [0.2, 0.25) is 5.91 Å². The molecule has 10 heteroatoms. The SMILES string of the molecule is CCCCCCCCC=CCCCCCCCCCCC(O)C(=O)NC(COC1OC(CO)C(O)C(O)C1O)C(O)C=CCCCCCCCCCCC. The second-order valence-electron chi connectivity index (χ2n) is 15.6. The van der Waals surface area contributed by atoms with Crippen molar-refractivity contribution in [3.05, 3.63) is 24.3 Å². The number of rotatable bonds is 36. The molecule has 0 bridgehead atoms. The first-order chi connectivity index (χ1) is 26.3. The molecular weight excluding hydrogens is 686 g/mol. The topological polar surface area (TPSA) is 169 Å². The minimum Gasteiger partial charge on any atom is -0.394 e. The van der Waals surface area contributed by atoms with E-state index in [1.165, 1.54) is 122 Å². The summed E-state index contributed by atoms with van der Waals surface area (Å²) in [6, 6.07) is -0.977. The fourth-order valence-electron chi connectivity index (χ4n) is 6.92. The molecule has 8 unspecified atom stereocenters. The summed E-state index contributed by atoms with van der Waals surface area (Å²) in [6.07, 6.45) is 29.8. The summed E-state index contributed by atoms with van der Waals surface area (Å²) in [5.41, 5.74) is 0. The molecular formula is C44H83NO9. The Morgan fingerprint density at radius 2 is 1.07 bits per heavy atom. The minimum absolute atomic E-state index is 0.305. The number of unbranched alkanes of at least 4 members (excludes halogenated alkanes) is 23. The second kappa shape index (κ2) is 34.8. The van der Waals surface area contributed by atoms with E-state index in [1.807, 2.05) is 6.08 Å². The third kappa shape index (κ3) is 25.0. The van der Waals surface area contributed by atoms with Crippen LogP contribution in [0.5, 0.6) is 0 Å². The molecule has 0 aliphatic carbocycles. The lowest BCUT2D eigenvalue weighted by molar-refractivity contribution is -0.302. The van der Waals surface area contributed by atoms with Crippen LogP contribution in [0.15, 0.2) is 24.3 Å². The zero-order valence-corrected chi connectivity index (χ0v) is 34.3. The predicted molar refractivity (Wildman–Crippen MR) is 218 cm³/mol. The molecule has 1 rings (SSSR count). The number of amides is 1. The van der Waals surface area contributed by atoms with Crippen molar-refractivity contribution < 1.29 is 44.9 Å². The molecule has 54 heavy (non-hydrogen) atoms. The quantitative estimate of drug-likeness (QED) is 0.0250. The molecule has 0 aromatic heterocycles. The fourth-order valence-corrected chi connectivity index (χ4v) is 6.92. The fraction of sp³-hybridized carbons (Fsp3) is 0.886. The minimum atomic E-state index is -1.61. The van der Waals surface area contributed by atoms with Crippen molar-refractivity contribution in [1.29, 1.82) is 0 Å². The molecule has 7 N–H and O–H groups in total. The average Bonchev–Trinajstić information content (AvgIpc) is 3.17. The third-order valence-corrected chi connectivity index (χ3v) is 10.6. The smallest absolute Gasteiger partial charge is 0.249 e.